The van der Waals surface area contributed by atoms with E-state index >= 15 is 0 Å². The predicted molar refractivity (Wildman–Crippen MR) is 194 cm³/mol. The van der Waals surface area contributed by atoms with Crippen LogP contribution in [0.1, 0.15) is 53.0 Å². The second-order valence-electron chi connectivity index (χ2n) is 12.4. The average Bonchev–Trinajstić information content (AvgIpc) is 3.49. The quantitative estimate of drug-likeness (QED) is 0.101. The van der Waals surface area contributed by atoms with Gasteiger partial charge in [-0.05, 0) is 45.4 Å². The third-order valence-corrected chi connectivity index (χ3v) is 9.21. The van der Waals surface area contributed by atoms with Gasteiger partial charge in [0.1, 0.15) is 18.2 Å². The number of amides is 3. The van der Waals surface area contributed by atoms with Crippen LogP contribution in [0, 0.1) is 0 Å². The fourth-order valence-electron chi connectivity index (χ4n) is 6.78. The van der Waals surface area contributed by atoms with Crippen LogP contribution in [-0.2, 0) is 24.7 Å². The number of ether oxygens (including phenoxy) is 1. The summed E-state index contributed by atoms with van der Waals surface area (Å²) in [6, 6.07) is 43.5. The number of carbonyl (C=O) groups excluding carboxylic acids is 3. The summed E-state index contributed by atoms with van der Waals surface area (Å²) in [4.78, 5) is 51.1. The lowest BCUT2D eigenvalue weighted by molar-refractivity contribution is -0.142. The Balaban J connectivity index is 1.03. The van der Waals surface area contributed by atoms with Gasteiger partial charge in [-0.15, -0.1) is 0 Å². The molecular formula is C42H39N3O6. The Bertz CT molecular complexity index is 1840. The number of rotatable bonds is 14. The first-order valence-corrected chi connectivity index (χ1v) is 17.0. The van der Waals surface area contributed by atoms with Gasteiger partial charge in [-0.3, -0.25) is 9.59 Å². The number of carboxylic acids is 1. The number of aliphatic carboxylic acids is 1. The van der Waals surface area contributed by atoms with E-state index in [-0.39, 0.29) is 44.2 Å². The lowest BCUT2D eigenvalue weighted by Crippen LogP contribution is -2.48. The number of nitrogens with one attached hydrogen (secondary N) is 3. The van der Waals surface area contributed by atoms with Crippen LogP contribution in [0.5, 0.6) is 0 Å². The molecule has 0 fully saturated rings. The Labute approximate surface area is 296 Å². The zero-order valence-electron chi connectivity index (χ0n) is 28.0. The summed E-state index contributed by atoms with van der Waals surface area (Å²) in [5.41, 5.74) is 5.87. The van der Waals surface area contributed by atoms with Crippen molar-refractivity contribution in [1.29, 1.82) is 0 Å². The van der Waals surface area contributed by atoms with Gasteiger partial charge in [0.05, 0.1) is 0 Å². The summed E-state index contributed by atoms with van der Waals surface area (Å²) in [5, 5.41) is 18.2. The number of hydrogen-bond acceptors (Lipinski definition) is 5. The van der Waals surface area contributed by atoms with Gasteiger partial charge in [0.2, 0.25) is 11.8 Å². The standard InChI is InChI=1S/C42H39N3O6/c46-38(26-27-43-41(50)51-28-36-34-22-12-10-20-32(34)33-21-11-13-23-35(33)36)44-37(40(48)49)24-25-39(47)45-42(29-14-4-1-5-15-29,30-16-6-2-7-17-30)31-18-8-3-9-19-31/h1-23,36-37H,24-28H2,(H,43,50)(H,44,46)(H,45,47)(H,48,49)/t37-/m1/s1. The van der Waals surface area contributed by atoms with Gasteiger partial charge >= 0.3 is 12.1 Å². The number of carbonyl (C=O) groups is 4. The molecule has 3 amide bonds. The molecule has 5 aromatic rings. The smallest absolute Gasteiger partial charge is 0.407 e. The molecule has 0 heterocycles. The van der Waals surface area contributed by atoms with Gasteiger partial charge in [0, 0.05) is 25.3 Å². The third-order valence-electron chi connectivity index (χ3n) is 9.21. The number of benzene rings is 5. The van der Waals surface area contributed by atoms with Crippen molar-refractivity contribution in [2.24, 2.45) is 0 Å². The minimum Gasteiger partial charge on any atom is -0.480 e. The predicted octanol–water partition coefficient (Wildman–Crippen LogP) is 6.37. The van der Waals surface area contributed by atoms with Crippen molar-refractivity contribution in [3.05, 3.63) is 167 Å². The van der Waals surface area contributed by atoms with E-state index in [2.05, 4.69) is 28.1 Å². The average molecular weight is 682 g/mol. The van der Waals surface area contributed by atoms with Crippen molar-refractivity contribution in [3.8, 4) is 11.1 Å². The van der Waals surface area contributed by atoms with Crippen molar-refractivity contribution < 1.29 is 29.0 Å². The second kappa shape index (κ2) is 16.0. The number of alkyl carbamates (subject to hydrolysis) is 1. The van der Waals surface area contributed by atoms with Crippen LogP contribution in [0.3, 0.4) is 0 Å². The van der Waals surface area contributed by atoms with Crippen LogP contribution < -0.4 is 16.0 Å². The van der Waals surface area contributed by atoms with E-state index in [4.69, 9.17) is 4.74 Å². The molecule has 0 saturated heterocycles. The van der Waals surface area contributed by atoms with Crippen LogP contribution in [-0.4, -0.2) is 48.2 Å². The first-order chi connectivity index (χ1) is 24.9. The molecule has 258 valence electrons. The first kappa shape index (κ1) is 34.6. The van der Waals surface area contributed by atoms with E-state index in [1.165, 1.54) is 0 Å². The molecule has 1 atom stereocenters. The highest BCUT2D eigenvalue weighted by molar-refractivity contribution is 5.85. The van der Waals surface area contributed by atoms with Crippen LogP contribution in [0.4, 0.5) is 4.79 Å². The molecule has 0 spiro atoms. The van der Waals surface area contributed by atoms with Crippen molar-refractivity contribution >= 4 is 23.9 Å². The summed E-state index contributed by atoms with van der Waals surface area (Å²) in [5.74, 6) is -2.32. The molecular weight excluding hydrogens is 642 g/mol. The zero-order valence-corrected chi connectivity index (χ0v) is 28.0. The number of carboxylic acid groups (broad SMARTS) is 1. The van der Waals surface area contributed by atoms with Gasteiger partial charge in [0.15, 0.2) is 0 Å². The SMILES string of the molecule is O=C(CCNC(=O)OCC1c2ccccc2-c2ccccc21)N[C@H](CCC(=O)NC(c1ccccc1)(c1ccccc1)c1ccccc1)C(=O)O. The van der Waals surface area contributed by atoms with Crippen LogP contribution in [0.2, 0.25) is 0 Å². The second-order valence-corrected chi connectivity index (χ2v) is 12.4. The molecule has 0 bridgehead atoms. The summed E-state index contributed by atoms with van der Waals surface area (Å²) in [7, 11) is 0. The molecule has 0 aromatic heterocycles. The summed E-state index contributed by atoms with van der Waals surface area (Å²) >= 11 is 0. The minimum atomic E-state index is -1.31. The lowest BCUT2D eigenvalue weighted by atomic mass is 9.77. The first-order valence-electron chi connectivity index (χ1n) is 17.0. The van der Waals surface area contributed by atoms with Gasteiger partial charge in [-0.1, -0.05) is 140 Å². The van der Waals surface area contributed by atoms with E-state index in [1.807, 2.05) is 127 Å². The molecule has 0 aliphatic heterocycles. The van der Waals surface area contributed by atoms with Gasteiger partial charge in [0.25, 0.3) is 0 Å². The summed E-state index contributed by atoms with van der Waals surface area (Å²) in [6.45, 7) is 0.0817. The van der Waals surface area contributed by atoms with E-state index in [0.717, 1.165) is 38.9 Å². The molecule has 9 nitrogen and oxygen atoms in total. The van der Waals surface area contributed by atoms with Crippen LogP contribution in [0.25, 0.3) is 11.1 Å². The van der Waals surface area contributed by atoms with E-state index < -0.39 is 29.6 Å². The third kappa shape index (κ3) is 7.83. The summed E-state index contributed by atoms with van der Waals surface area (Å²) in [6.07, 6.45) is -1.14. The van der Waals surface area contributed by atoms with Crippen LogP contribution >= 0.6 is 0 Å². The van der Waals surface area contributed by atoms with Crippen molar-refractivity contribution in [2.75, 3.05) is 13.2 Å². The molecule has 0 saturated carbocycles. The molecule has 9 heteroatoms. The molecule has 4 N–H and O–H groups in total. The molecule has 5 aromatic carbocycles. The summed E-state index contributed by atoms with van der Waals surface area (Å²) < 4.78 is 5.52. The van der Waals surface area contributed by atoms with E-state index in [9.17, 15) is 24.3 Å². The Morgan fingerprint density at radius 2 is 1.10 bits per heavy atom. The molecule has 0 radical (unpaired) electrons. The molecule has 51 heavy (non-hydrogen) atoms. The van der Waals surface area contributed by atoms with Crippen molar-refractivity contribution in [3.63, 3.8) is 0 Å². The monoisotopic (exact) mass is 681 g/mol. The lowest BCUT2D eigenvalue weighted by Gasteiger charge is -2.37. The fourth-order valence-corrected chi connectivity index (χ4v) is 6.78. The van der Waals surface area contributed by atoms with Crippen LogP contribution in [0.15, 0.2) is 140 Å². The largest absolute Gasteiger partial charge is 0.480 e. The topological polar surface area (TPSA) is 134 Å². The highest BCUT2D eigenvalue weighted by atomic mass is 16.5. The Morgan fingerprint density at radius 1 is 0.627 bits per heavy atom. The highest BCUT2D eigenvalue weighted by Crippen LogP contribution is 2.44. The Hall–Kier alpha value is -6.22. The number of hydrogen-bond donors (Lipinski definition) is 4. The Kier molecular flexibility index (Phi) is 10.9. The maximum Gasteiger partial charge on any atom is 0.407 e. The molecule has 6 rings (SSSR count). The van der Waals surface area contributed by atoms with Crippen molar-refractivity contribution in [1.82, 2.24) is 16.0 Å². The minimum absolute atomic E-state index is 0.0525. The molecule has 1 aliphatic rings. The van der Waals surface area contributed by atoms with Gasteiger partial charge in [-0.25, -0.2) is 9.59 Å². The van der Waals surface area contributed by atoms with Gasteiger partial charge < -0.3 is 25.8 Å². The zero-order chi connectivity index (χ0) is 35.6. The maximum atomic E-state index is 13.7. The fraction of sp³-hybridized carbons (Fsp3) is 0.190. The Morgan fingerprint density at radius 3 is 1.59 bits per heavy atom. The van der Waals surface area contributed by atoms with E-state index in [0.29, 0.717) is 0 Å². The molecule has 1 aliphatic carbocycles. The number of fused-ring (bicyclic) bond motifs is 3. The van der Waals surface area contributed by atoms with Crippen molar-refractivity contribution in [2.45, 2.75) is 36.8 Å². The van der Waals surface area contributed by atoms with E-state index in [1.54, 1.807) is 0 Å². The maximum absolute atomic E-state index is 13.7. The molecule has 0 unspecified atom stereocenters. The normalized spacial score (nSPS) is 12.5. The highest BCUT2D eigenvalue weighted by Gasteiger charge is 2.38. The van der Waals surface area contributed by atoms with Gasteiger partial charge in [-0.2, -0.15) is 0 Å².